The number of thiophene rings is 1. The Morgan fingerprint density at radius 2 is 2.10 bits per heavy atom. The number of halogens is 2. The summed E-state index contributed by atoms with van der Waals surface area (Å²) in [4.78, 5) is 11.3. The summed E-state index contributed by atoms with van der Waals surface area (Å²) in [6.07, 6.45) is 1.69. The summed E-state index contributed by atoms with van der Waals surface area (Å²) in [5, 5.41) is 1.52. The first-order chi connectivity index (χ1) is 9.65. The molecule has 1 aromatic carbocycles. The zero-order chi connectivity index (χ0) is 14.1. The van der Waals surface area contributed by atoms with Gasteiger partial charge in [-0.25, -0.2) is 9.97 Å². The molecule has 5 heteroatoms. The number of hydrogen-bond donors (Lipinski definition) is 0. The smallest absolute Gasteiger partial charge is 0.141 e. The van der Waals surface area contributed by atoms with Crippen molar-refractivity contribution in [1.29, 1.82) is 0 Å². The highest BCUT2D eigenvalue weighted by atomic mass is 79.9. The Labute approximate surface area is 135 Å². The first-order valence-corrected chi connectivity index (χ1v) is 8.33. The van der Waals surface area contributed by atoms with Gasteiger partial charge < -0.3 is 0 Å². The van der Waals surface area contributed by atoms with E-state index in [1.807, 2.05) is 12.1 Å². The zero-order valence-electron chi connectivity index (χ0n) is 10.9. The lowest BCUT2D eigenvalue weighted by Gasteiger charge is -2.02. The maximum Gasteiger partial charge on any atom is 0.141 e. The monoisotopic (exact) mass is 366 g/mol. The molecule has 0 unspecified atom stereocenters. The predicted octanol–water partition coefficient (Wildman–Crippen LogP) is 5.26. The summed E-state index contributed by atoms with van der Waals surface area (Å²) in [5.74, 6) is 0.769. The van der Waals surface area contributed by atoms with Gasteiger partial charge in [0, 0.05) is 21.2 Å². The van der Waals surface area contributed by atoms with E-state index in [0.29, 0.717) is 11.6 Å². The fourth-order valence-corrected chi connectivity index (χ4v) is 3.79. The molecular weight excluding hydrogens is 356 g/mol. The van der Waals surface area contributed by atoms with Gasteiger partial charge in [-0.15, -0.1) is 11.3 Å². The fraction of sp³-hybridized carbons (Fsp3) is 0.200. The average Bonchev–Trinajstić information content (AvgIpc) is 2.82. The summed E-state index contributed by atoms with van der Waals surface area (Å²) in [5.41, 5.74) is 1.17. The summed E-state index contributed by atoms with van der Waals surface area (Å²) >= 11 is 11.4. The van der Waals surface area contributed by atoms with Crippen LogP contribution < -0.4 is 0 Å². The number of aromatic nitrogens is 2. The first kappa shape index (κ1) is 14.0. The molecule has 3 rings (SSSR count). The summed E-state index contributed by atoms with van der Waals surface area (Å²) < 4.78 is 1.06. The number of nitrogens with zero attached hydrogens (tertiary/aromatic N) is 2. The molecule has 2 heterocycles. The van der Waals surface area contributed by atoms with Crippen LogP contribution in [0.5, 0.6) is 0 Å². The van der Waals surface area contributed by atoms with Crippen molar-refractivity contribution in [1.82, 2.24) is 9.97 Å². The van der Waals surface area contributed by atoms with E-state index in [9.17, 15) is 0 Å². The van der Waals surface area contributed by atoms with Crippen molar-refractivity contribution in [2.45, 2.75) is 19.8 Å². The van der Waals surface area contributed by atoms with Gasteiger partial charge in [0.25, 0.3) is 0 Å². The molecule has 2 aromatic heterocycles. The summed E-state index contributed by atoms with van der Waals surface area (Å²) in [6.45, 7) is 2.13. The molecule has 0 N–H and O–H groups in total. The largest absolute Gasteiger partial charge is 0.222 e. The van der Waals surface area contributed by atoms with Crippen molar-refractivity contribution in [3.63, 3.8) is 0 Å². The van der Waals surface area contributed by atoms with Gasteiger partial charge in [0.1, 0.15) is 15.8 Å². The van der Waals surface area contributed by atoms with E-state index in [0.717, 1.165) is 26.9 Å². The quantitative estimate of drug-likeness (QED) is 0.590. The lowest BCUT2D eigenvalue weighted by molar-refractivity contribution is 0.996. The third-order valence-corrected chi connectivity index (χ3v) is 5.00. The molecule has 102 valence electrons. The fourth-order valence-electron chi connectivity index (χ4n) is 2.06. The van der Waals surface area contributed by atoms with Crippen LogP contribution in [0.15, 0.2) is 34.8 Å². The SMILES string of the molecule is CCc1cc2c(Cl)nc(Cc3cccc(Br)c3)nc2s1. The van der Waals surface area contributed by atoms with Gasteiger partial charge >= 0.3 is 0 Å². The molecule has 0 spiro atoms. The molecule has 0 bridgehead atoms. The Hall–Kier alpha value is -0.970. The molecule has 0 radical (unpaired) electrons. The van der Waals surface area contributed by atoms with Crippen LogP contribution in [0, 0.1) is 0 Å². The third kappa shape index (κ3) is 2.87. The second-order valence-corrected chi connectivity index (χ2v) is 6.91. The highest BCUT2D eigenvalue weighted by Gasteiger charge is 2.10. The molecule has 0 saturated carbocycles. The van der Waals surface area contributed by atoms with Crippen molar-refractivity contribution >= 4 is 49.1 Å². The molecule has 2 nitrogen and oxygen atoms in total. The number of fused-ring (bicyclic) bond motifs is 1. The van der Waals surface area contributed by atoms with Crippen molar-refractivity contribution in [2.75, 3.05) is 0 Å². The lowest BCUT2D eigenvalue weighted by Crippen LogP contribution is -1.96. The van der Waals surface area contributed by atoms with Crippen molar-refractivity contribution in [2.24, 2.45) is 0 Å². The predicted molar refractivity (Wildman–Crippen MR) is 88.8 cm³/mol. The van der Waals surface area contributed by atoms with Crippen LogP contribution in [-0.2, 0) is 12.8 Å². The minimum atomic E-state index is 0.552. The van der Waals surface area contributed by atoms with E-state index in [2.05, 4.69) is 51.0 Å². The Morgan fingerprint density at radius 1 is 1.25 bits per heavy atom. The Morgan fingerprint density at radius 3 is 2.85 bits per heavy atom. The number of aryl methyl sites for hydroxylation is 1. The van der Waals surface area contributed by atoms with Crippen molar-refractivity contribution < 1.29 is 0 Å². The molecule has 0 aliphatic heterocycles. The normalized spacial score (nSPS) is 11.2. The van der Waals surface area contributed by atoms with E-state index in [1.165, 1.54) is 10.4 Å². The number of hydrogen-bond acceptors (Lipinski definition) is 3. The Bertz CT molecular complexity index is 770. The maximum absolute atomic E-state index is 6.28. The van der Waals surface area contributed by atoms with Crippen LogP contribution >= 0.6 is 38.9 Å². The molecule has 20 heavy (non-hydrogen) atoms. The topological polar surface area (TPSA) is 25.8 Å². The van der Waals surface area contributed by atoms with Crippen LogP contribution in [0.25, 0.3) is 10.2 Å². The van der Waals surface area contributed by atoms with Gasteiger partial charge in [-0.1, -0.05) is 46.6 Å². The molecule has 0 aliphatic rings. The van der Waals surface area contributed by atoms with Crippen LogP contribution in [0.4, 0.5) is 0 Å². The average molecular weight is 368 g/mol. The molecule has 0 atom stereocenters. The van der Waals surface area contributed by atoms with Crippen LogP contribution in [0.1, 0.15) is 23.2 Å². The first-order valence-electron chi connectivity index (χ1n) is 6.35. The van der Waals surface area contributed by atoms with E-state index in [1.54, 1.807) is 11.3 Å². The highest BCUT2D eigenvalue weighted by Crippen LogP contribution is 2.29. The van der Waals surface area contributed by atoms with Gasteiger partial charge in [-0.05, 0) is 30.2 Å². The van der Waals surface area contributed by atoms with Gasteiger partial charge in [0.2, 0.25) is 0 Å². The van der Waals surface area contributed by atoms with Crippen molar-refractivity contribution in [3.05, 3.63) is 56.2 Å². The molecule has 3 aromatic rings. The van der Waals surface area contributed by atoms with Crippen molar-refractivity contribution in [3.8, 4) is 0 Å². The summed E-state index contributed by atoms with van der Waals surface area (Å²) in [6, 6.07) is 10.3. The van der Waals surface area contributed by atoms with E-state index >= 15 is 0 Å². The van der Waals surface area contributed by atoms with E-state index < -0.39 is 0 Å². The van der Waals surface area contributed by atoms with E-state index in [4.69, 9.17) is 11.6 Å². The van der Waals surface area contributed by atoms with E-state index in [-0.39, 0.29) is 0 Å². The van der Waals surface area contributed by atoms with Gasteiger partial charge in [0.15, 0.2) is 0 Å². The maximum atomic E-state index is 6.28. The second-order valence-electron chi connectivity index (χ2n) is 4.52. The second kappa shape index (κ2) is 5.80. The Balaban J connectivity index is 1.99. The third-order valence-electron chi connectivity index (χ3n) is 3.04. The van der Waals surface area contributed by atoms with Gasteiger partial charge in [-0.2, -0.15) is 0 Å². The van der Waals surface area contributed by atoms with Crippen LogP contribution in [0.3, 0.4) is 0 Å². The highest BCUT2D eigenvalue weighted by molar-refractivity contribution is 9.10. The zero-order valence-corrected chi connectivity index (χ0v) is 14.0. The van der Waals surface area contributed by atoms with Gasteiger partial charge in [-0.3, -0.25) is 0 Å². The number of rotatable bonds is 3. The minimum Gasteiger partial charge on any atom is -0.222 e. The molecule has 0 fully saturated rings. The molecule has 0 amide bonds. The minimum absolute atomic E-state index is 0.552. The van der Waals surface area contributed by atoms with Crippen LogP contribution in [0.2, 0.25) is 5.15 Å². The Kier molecular flexibility index (Phi) is 4.06. The molecular formula is C15H12BrClN2S. The number of benzene rings is 1. The lowest BCUT2D eigenvalue weighted by atomic mass is 10.1. The molecule has 0 saturated heterocycles. The van der Waals surface area contributed by atoms with Crippen LogP contribution in [-0.4, -0.2) is 9.97 Å². The standard InChI is InChI=1S/C15H12BrClN2S/c1-2-11-8-12-14(17)18-13(19-15(12)20-11)7-9-4-3-5-10(16)6-9/h3-6,8H,2,7H2,1H3. The molecule has 0 aliphatic carbocycles. The summed E-state index contributed by atoms with van der Waals surface area (Å²) in [7, 11) is 0. The van der Waals surface area contributed by atoms with Gasteiger partial charge in [0.05, 0.1) is 0 Å².